The summed E-state index contributed by atoms with van der Waals surface area (Å²) in [6, 6.07) is 16.6. The number of aromatic nitrogens is 1. The molecular formula is C33H36N4O7. The zero-order chi connectivity index (χ0) is 31.0. The Morgan fingerprint density at radius 2 is 1.73 bits per heavy atom. The van der Waals surface area contributed by atoms with E-state index in [0.717, 1.165) is 17.0 Å². The number of nitrogens with zero attached hydrogens (tertiary/aromatic N) is 3. The summed E-state index contributed by atoms with van der Waals surface area (Å²) in [7, 11) is 3.07. The second-order valence-corrected chi connectivity index (χ2v) is 11.6. The summed E-state index contributed by atoms with van der Waals surface area (Å²) in [5.74, 6) is 0.338. The van der Waals surface area contributed by atoms with E-state index >= 15 is 0 Å². The number of benzene rings is 2. The van der Waals surface area contributed by atoms with Crippen LogP contribution < -0.4 is 30.0 Å². The number of methoxy groups -OCH3 is 2. The Hall–Kier alpha value is -4.64. The van der Waals surface area contributed by atoms with Gasteiger partial charge in [-0.25, -0.2) is 9.69 Å². The predicted molar refractivity (Wildman–Crippen MR) is 162 cm³/mol. The molecule has 3 aromatic rings. The number of hydrogen-bond donors (Lipinski definition) is 1. The molecule has 11 heteroatoms. The van der Waals surface area contributed by atoms with Crippen molar-refractivity contribution < 1.29 is 28.6 Å². The molecule has 11 nitrogen and oxygen atoms in total. The van der Waals surface area contributed by atoms with Gasteiger partial charge in [0.05, 0.1) is 26.5 Å². The molecule has 44 heavy (non-hydrogen) atoms. The SMILES string of the molecule is CCOc1ccccc1N1C(=O)NC(=O)[C@](Cc2ccc(OC)cc2OC)(CN2C[C@@H]3C[C@H](C2)c2cccc(=O)n2C3)C1=O. The number of anilines is 1. The van der Waals surface area contributed by atoms with E-state index in [0.29, 0.717) is 49.1 Å². The third-order valence-electron chi connectivity index (χ3n) is 8.91. The molecule has 0 saturated carbocycles. The van der Waals surface area contributed by atoms with Gasteiger partial charge in [0.1, 0.15) is 22.7 Å². The molecular weight excluding hydrogens is 564 g/mol. The average molecular weight is 601 g/mol. The Bertz CT molecular complexity index is 1670. The molecule has 4 heterocycles. The molecule has 2 fully saturated rings. The minimum atomic E-state index is -1.68. The summed E-state index contributed by atoms with van der Waals surface area (Å²) >= 11 is 0. The van der Waals surface area contributed by atoms with Crippen LogP contribution in [0.5, 0.6) is 17.2 Å². The Morgan fingerprint density at radius 3 is 2.50 bits per heavy atom. The zero-order valence-corrected chi connectivity index (χ0v) is 25.1. The van der Waals surface area contributed by atoms with Crippen molar-refractivity contribution >= 4 is 23.5 Å². The van der Waals surface area contributed by atoms with E-state index in [-0.39, 0.29) is 36.0 Å². The lowest BCUT2D eigenvalue weighted by Gasteiger charge is -2.47. The highest BCUT2D eigenvalue weighted by molar-refractivity contribution is 6.30. The van der Waals surface area contributed by atoms with E-state index in [1.54, 1.807) is 61.7 Å². The molecule has 4 amide bonds. The second-order valence-electron chi connectivity index (χ2n) is 11.6. The highest BCUT2D eigenvalue weighted by Crippen LogP contribution is 2.42. The molecule has 0 spiro atoms. The fraction of sp³-hybridized carbons (Fsp3) is 0.394. The molecule has 3 aliphatic rings. The first-order valence-corrected chi connectivity index (χ1v) is 14.8. The van der Waals surface area contributed by atoms with Crippen molar-refractivity contribution in [3.8, 4) is 17.2 Å². The van der Waals surface area contributed by atoms with Gasteiger partial charge in [-0.3, -0.25) is 19.7 Å². The van der Waals surface area contributed by atoms with E-state index in [1.807, 2.05) is 17.6 Å². The molecule has 230 valence electrons. The smallest absolute Gasteiger partial charge is 0.335 e. The molecule has 6 rings (SSSR count). The molecule has 2 saturated heterocycles. The quantitative estimate of drug-likeness (QED) is 0.372. The number of likely N-dealkylation sites (tertiary alicyclic amines) is 1. The van der Waals surface area contributed by atoms with Gasteiger partial charge in [-0.15, -0.1) is 0 Å². The van der Waals surface area contributed by atoms with E-state index in [4.69, 9.17) is 14.2 Å². The number of imide groups is 2. The Labute approximate surface area is 255 Å². The fourth-order valence-corrected chi connectivity index (χ4v) is 6.99. The molecule has 3 atom stereocenters. The number of para-hydroxylation sites is 2. The first kappa shape index (κ1) is 29.4. The number of carbonyl (C=O) groups is 3. The van der Waals surface area contributed by atoms with Crippen molar-refractivity contribution in [3.63, 3.8) is 0 Å². The van der Waals surface area contributed by atoms with E-state index in [9.17, 15) is 19.2 Å². The predicted octanol–water partition coefficient (Wildman–Crippen LogP) is 3.20. The standard InChI is InChI=1S/C33H36N4O7/c1-4-44-27-10-6-5-8-26(27)37-31(40)33(30(39)34-32(37)41,16-22-12-13-24(42-2)15-28(22)43-3)20-35-17-21-14-23(19-35)25-9-7-11-29(38)36(25)18-21/h5-13,15,21,23H,4,14,16-20H2,1-3H3,(H,34,39,41)/t21-,23+,33-/m0/s1. The number of piperidine rings is 1. The summed E-state index contributed by atoms with van der Waals surface area (Å²) in [6.07, 6.45) is 0.902. The number of amides is 4. The third-order valence-corrected chi connectivity index (χ3v) is 8.91. The highest BCUT2D eigenvalue weighted by Gasteiger charge is 2.56. The normalized spacial score (nSPS) is 23.2. The van der Waals surface area contributed by atoms with Crippen LogP contribution in [0.4, 0.5) is 10.5 Å². The first-order chi connectivity index (χ1) is 21.3. The Balaban J connectivity index is 1.42. The van der Waals surface area contributed by atoms with Gasteiger partial charge < -0.3 is 23.7 Å². The molecule has 0 unspecified atom stereocenters. The molecule has 1 aromatic heterocycles. The minimum absolute atomic E-state index is 0.0160. The number of rotatable bonds is 9. The number of hydrogen-bond acceptors (Lipinski definition) is 8. The summed E-state index contributed by atoms with van der Waals surface area (Å²) in [6.45, 7) is 3.95. The Morgan fingerprint density at radius 1 is 0.909 bits per heavy atom. The van der Waals surface area contributed by atoms with Gasteiger partial charge in [-0.05, 0) is 49.1 Å². The van der Waals surface area contributed by atoms with Crippen LogP contribution in [0.1, 0.15) is 30.5 Å². The molecule has 3 aliphatic heterocycles. The van der Waals surface area contributed by atoms with E-state index in [1.165, 1.54) is 7.11 Å². The van der Waals surface area contributed by atoms with Crippen LogP contribution in [0.3, 0.4) is 0 Å². The average Bonchev–Trinajstić information content (AvgIpc) is 3.01. The van der Waals surface area contributed by atoms with Gasteiger partial charge >= 0.3 is 6.03 Å². The highest BCUT2D eigenvalue weighted by atomic mass is 16.5. The van der Waals surface area contributed by atoms with Gasteiger partial charge in [-0.1, -0.05) is 24.3 Å². The van der Waals surface area contributed by atoms with Crippen LogP contribution in [0.15, 0.2) is 65.5 Å². The van der Waals surface area contributed by atoms with Gasteiger partial charge in [0.2, 0.25) is 5.91 Å². The van der Waals surface area contributed by atoms with Crippen molar-refractivity contribution in [2.75, 3.05) is 45.4 Å². The summed E-state index contributed by atoms with van der Waals surface area (Å²) < 4.78 is 18.6. The zero-order valence-electron chi connectivity index (χ0n) is 25.1. The topological polar surface area (TPSA) is 119 Å². The van der Waals surface area contributed by atoms with Crippen molar-refractivity contribution in [1.29, 1.82) is 0 Å². The summed E-state index contributed by atoms with van der Waals surface area (Å²) in [5.41, 5.74) is 0.151. The molecule has 1 N–H and O–H groups in total. The van der Waals surface area contributed by atoms with Gasteiger partial charge in [0, 0.05) is 56.3 Å². The fourth-order valence-electron chi connectivity index (χ4n) is 6.99. The lowest BCUT2D eigenvalue weighted by atomic mass is 9.75. The number of fused-ring (bicyclic) bond motifs is 4. The lowest BCUT2D eigenvalue weighted by Crippen LogP contribution is -2.68. The molecule has 2 aromatic carbocycles. The number of carbonyl (C=O) groups excluding carboxylic acids is 3. The first-order valence-electron chi connectivity index (χ1n) is 14.8. The van der Waals surface area contributed by atoms with Gasteiger partial charge in [0.25, 0.3) is 11.5 Å². The van der Waals surface area contributed by atoms with Crippen molar-refractivity contribution in [2.24, 2.45) is 11.3 Å². The van der Waals surface area contributed by atoms with Gasteiger partial charge in [0.15, 0.2) is 0 Å². The van der Waals surface area contributed by atoms with Crippen LogP contribution in [0.25, 0.3) is 0 Å². The lowest BCUT2D eigenvalue weighted by molar-refractivity contribution is -0.144. The molecule has 0 radical (unpaired) electrons. The Kier molecular flexibility index (Phi) is 7.89. The van der Waals surface area contributed by atoms with E-state index in [2.05, 4.69) is 10.2 Å². The van der Waals surface area contributed by atoms with Crippen LogP contribution in [0.2, 0.25) is 0 Å². The maximum Gasteiger partial charge on any atom is 0.335 e. The number of ether oxygens (including phenoxy) is 3. The number of urea groups is 1. The molecule has 0 aliphatic carbocycles. The van der Waals surface area contributed by atoms with Crippen LogP contribution >= 0.6 is 0 Å². The van der Waals surface area contributed by atoms with Gasteiger partial charge in [-0.2, -0.15) is 0 Å². The third kappa shape index (κ3) is 5.11. The maximum atomic E-state index is 14.8. The minimum Gasteiger partial charge on any atom is -0.497 e. The number of pyridine rings is 1. The van der Waals surface area contributed by atoms with Crippen molar-refractivity contribution in [3.05, 3.63) is 82.3 Å². The van der Waals surface area contributed by atoms with Crippen LogP contribution in [-0.4, -0.2) is 67.8 Å². The second kappa shape index (κ2) is 11.8. The van der Waals surface area contributed by atoms with Crippen LogP contribution in [0, 0.1) is 11.3 Å². The molecule has 2 bridgehead atoms. The monoisotopic (exact) mass is 600 g/mol. The van der Waals surface area contributed by atoms with Crippen molar-refractivity contribution in [2.45, 2.75) is 32.2 Å². The largest absolute Gasteiger partial charge is 0.497 e. The van der Waals surface area contributed by atoms with Crippen LogP contribution in [-0.2, 0) is 22.6 Å². The summed E-state index contributed by atoms with van der Waals surface area (Å²) in [4.78, 5) is 58.0. The van der Waals surface area contributed by atoms with Crippen molar-refractivity contribution in [1.82, 2.24) is 14.8 Å². The number of barbiturate groups is 1. The van der Waals surface area contributed by atoms with E-state index < -0.39 is 23.3 Å². The maximum absolute atomic E-state index is 14.8. The summed E-state index contributed by atoms with van der Waals surface area (Å²) in [5, 5.41) is 2.50. The number of nitrogens with one attached hydrogen (secondary N) is 1.